The zero-order valence-electron chi connectivity index (χ0n) is 8.29. The molecule has 0 unspecified atom stereocenters. The molecule has 1 aromatic carbocycles. The maximum atomic E-state index is 2.40. The Morgan fingerprint density at radius 2 is 1.77 bits per heavy atom. The third kappa shape index (κ3) is 1.56. The Bertz CT molecular complexity index is 423. The Hall–Kier alpha value is -0.603. The van der Waals surface area contributed by atoms with Crippen LogP contribution in [0.1, 0.15) is 0 Å². The van der Waals surface area contributed by atoms with E-state index in [1.54, 1.807) is 5.19 Å². The maximum Gasteiger partial charge on any atom is 0.0795 e. The van der Waals surface area contributed by atoms with Gasteiger partial charge in [-0.1, -0.05) is 37.8 Å². The minimum Gasteiger partial charge on any atom is -0.144 e. The van der Waals surface area contributed by atoms with E-state index in [4.69, 9.17) is 0 Å². The Morgan fingerprint density at radius 1 is 1.08 bits per heavy atom. The predicted octanol–water partition coefficient (Wildman–Crippen LogP) is 3.45. The normalized spacial score (nSPS) is 12.2. The number of hydrogen-bond acceptors (Lipinski definition) is 1. The summed E-state index contributed by atoms with van der Waals surface area (Å²) >= 11 is 1.88. The zero-order valence-corrected chi connectivity index (χ0v) is 10.1. The molecule has 0 aliphatic carbocycles. The van der Waals surface area contributed by atoms with Crippen molar-refractivity contribution < 1.29 is 0 Å². The fourth-order valence-corrected chi connectivity index (χ4v) is 5.10. The zero-order chi connectivity index (χ0) is 9.47. The second-order valence-electron chi connectivity index (χ2n) is 4.40. The molecule has 13 heavy (non-hydrogen) atoms. The van der Waals surface area contributed by atoms with Crippen LogP contribution in [0.5, 0.6) is 0 Å². The first-order valence-electron chi connectivity index (χ1n) is 4.56. The molecular formula is C11H14SSi. The number of benzene rings is 1. The summed E-state index contributed by atoms with van der Waals surface area (Å²) in [6.45, 7) is 7.21. The van der Waals surface area contributed by atoms with Gasteiger partial charge >= 0.3 is 0 Å². The van der Waals surface area contributed by atoms with Crippen molar-refractivity contribution in [3.05, 3.63) is 29.6 Å². The third-order valence-corrected chi connectivity index (χ3v) is 5.49. The van der Waals surface area contributed by atoms with Gasteiger partial charge in [0, 0.05) is 4.70 Å². The van der Waals surface area contributed by atoms with Crippen LogP contribution in [0.2, 0.25) is 19.6 Å². The molecule has 1 heterocycles. The van der Waals surface area contributed by atoms with Crippen molar-refractivity contribution in [3.63, 3.8) is 0 Å². The van der Waals surface area contributed by atoms with Crippen LogP contribution in [0.15, 0.2) is 29.6 Å². The highest BCUT2D eigenvalue weighted by atomic mass is 32.1. The Morgan fingerprint density at radius 3 is 2.46 bits per heavy atom. The fourth-order valence-electron chi connectivity index (χ4n) is 1.56. The molecule has 2 heteroatoms. The van der Waals surface area contributed by atoms with Gasteiger partial charge in [0.1, 0.15) is 0 Å². The molecule has 68 valence electrons. The summed E-state index contributed by atoms with van der Waals surface area (Å²) in [6, 6.07) is 8.72. The molecule has 0 radical (unpaired) electrons. The lowest BCUT2D eigenvalue weighted by Gasteiger charge is -2.14. The van der Waals surface area contributed by atoms with Crippen LogP contribution in [0, 0.1) is 0 Å². The third-order valence-electron chi connectivity index (χ3n) is 2.29. The van der Waals surface area contributed by atoms with E-state index in [0.717, 1.165) is 0 Å². The average Bonchev–Trinajstić information content (AvgIpc) is 2.45. The maximum absolute atomic E-state index is 2.40. The Labute approximate surface area is 84.2 Å². The van der Waals surface area contributed by atoms with Crippen molar-refractivity contribution in [1.29, 1.82) is 0 Å². The van der Waals surface area contributed by atoms with Gasteiger partial charge in [0.15, 0.2) is 0 Å². The van der Waals surface area contributed by atoms with E-state index in [9.17, 15) is 0 Å². The summed E-state index contributed by atoms with van der Waals surface area (Å²) in [4.78, 5) is 0. The summed E-state index contributed by atoms with van der Waals surface area (Å²) in [5, 5.41) is 5.43. The van der Waals surface area contributed by atoms with E-state index in [1.165, 1.54) is 10.1 Å². The highest BCUT2D eigenvalue weighted by Gasteiger charge is 2.19. The lowest BCUT2D eigenvalue weighted by Crippen LogP contribution is -2.36. The Kier molecular flexibility index (Phi) is 2.04. The molecule has 0 aliphatic heterocycles. The van der Waals surface area contributed by atoms with E-state index >= 15 is 0 Å². The first-order valence-corrected chi connectivity index (χ1v) is 8.94. The van der Waals surface area contributed by atoms with Gasteiger partial charge in [-0.25, -0.2) is 0 Å². The van der Waals surface area contributed by atoms with E-state index in [-0.39, 0.29) is 0 Å². The SMILES string of the molecule is C[Si](C)(C)c1csc2ccccc12. The minimum absolute atomic E-state index is 1.14. The van der Waals surface area contributed by atoms with Gasteiger partial charge in [0.05, 0.1) is 8.07 Å². The lowest BCUT2D eigenvalue weighted by molar-refractivity contribution is 1.77. The van der Waals surface area contributed by atoms with Gasteiger partial charge in [-0.3, -0.25) is 0 Å². The van der Waals surface area contributed by atoms with Gasteiger partial charge in [0.25, 0.3) is 0 Å². The van der Waals surface area contributed by atoms with Crippen molar-refractivity contribution in [3.8, 4) is 0 Å². The molecule has 0 saturated carbocycles. The second-order valence-corrected chi connectivity index (χ2v) is 10.3. The number of thiophene rings is 1. The van der Waals surface area contributed by atoms with Crippen molar-refractivity contribution in [1.82, 2.24) is 0 Å². The standard InChI is InChI=1S/C11H14SSi/c1-13(2,3)11-8-12-10-7-5-4-6-9(10)11/h4-8H,1-3H3. The molecular weight excluding hydrogens is 192 g/mol. The van der Waals surface area contributed by atoms with Crippen molar-refractivity contribution in [2.24, 2.45) is 0 Å². The van der Waals surface area contributed by atoms with E-state index in [2.05, 4.69) is 49.3 Å². The molecule has 0 amide bonds. The largest absolute Gasteiger partial charge is 0.144 e. The van der Waals surface area contributed by atoms with Crippen LogP contribution in [0.4, 0.5) is 0 Å². The van der Waals surface area contributed by atoms with Gasteiger partial charge in [-0.15, -0.1) is 11.3 Å². The van der Waals surface area contributed by atoms with Crippen molar-refractivity contribution >= 4 is 34.7 Å². The minimum atomic E-state index is -1.14. The summed E-state index contributed by atoms with van der Waals surface area (Å²) in [5.41, 5.74) is 0. The van der Waals surface area contributed by atoms with Crippen LogP contribution < -0.4 is 5.19 Å². The summed E-state index contributed by atoms with van der Waals surface area (Å²) < 4.78 is 1.43. The highest BCUT2D eigenvalue weighted by molar-refractivity contribution is 7.19. The topological polar surface area (TPSA) is 0 Å². The smallest absolute Gasteiger partial charge is 0.0795 e. The van der Waals surface area contributed by atoms with Crippen LogP contribution in [-0.2, 0) is 0 Å². The van der Waals surface area contributed by atoms with Crippen molar-refractivity contribution in [2.45, 2.75) is 19.6 Å². The molecule has 0 fully saturated rings. The molecule has 2 aromatic rings. The van der Waals surface area contributed by atoms with E-state index in [0.29, 0.717) is 0 Å². The quantitative estimate of drug-likeness (QED) is 0.627. The van der Waals surface area contributed by atoms with E-state index in [1.807, 2.05) is 11.3 Å². The summed E-state index contributed by atoms with van der Waals surface area (Å²) in [6.07, 6.45) is 0. The number of rotatable bonds is 1. The molecule has 0 bridgehead atoms. The van der Waals surface area contributed by atoms with E-state index < -0.39 is 8.07 Å². The van der Waals surface area contributed by atoms with Crippen molar-refractivity contribution in [2.75, 3.05) is 0 Å². The van der Waals surface area contributed by atoms with Gasteiger partial charge < -0.3 is 0 Å². The fraction of sp³-hybridized carbons (Fsp3) is 0.273. The number of fused-ring (bicyclic) bond motifs is 1. The molecule has 0 atom stereocenters. The van der Waals surface area contributed by atoms with Gasteiger partial charge in [0.2, 0.25) is 0 Å². The highest BCUT2D eigenvalue weighted by Crippen LogP contribution is 2.21. The Balaban J connectivity index is 2.72. The molecule has 0 nitrogen and oxygen atoms in total. The molecule has 0 spiro atoms. The summed E-state index contributed by atoms with van der Waals surface area (Å²) in [7, 11) is -1.14. The van der Waals surface area contributed by atoms with Gasteiger partial charge in [-0.2, -0.15) is 0 Å². The second kappa shape index (κ2) is 2.96. The van der Waals surface area contributed by atoms with Gasteiger partial charge in [-0.05, 0) is 22.0 Å². The van der Waals surface area contributed by atoms with Crippen LogP contribution in [0.3, 0.4) is 0 Å². The first kappa shape index (κ1) is 8.97. The molecule has 1 aromatic heterocycles. The monoisotopic (exact) mass is 206 g/mol. The molecule has 0 N–H and O–H groups in total. The van der Waals surface area contributed by atoms with Crippen LogP contribution >= 0.6 is 11.3 Å². The average molecular weight is 206 g/mol. The molecule has 0 saturated heterocycles. The van der Waals surface area contributed by atoms with Crippen LogP contribution in [-0.4, -0.2) is 8.07 Å². The molecule has 0 aliphatic rings. The van der Waals surface area contributed by atoms with Crippen LogP contribution in [0.25, 0.3) is 10.1 Å². The first-order chi connectivity index (χ1) is 6.09. The predicted molar refractivity (Wildman–Crippen MR) is 64.8 cm³/mol. The lowest BCUT2D eigenvalue weighted by atomic mass is 10.3. The summed E-state index contributed by atoms with van der Waals surface area (Å²) in [5.74, 6) is 0. The number of hydrogen-bond donors (Lipinski definition) is 0. The molecule has 2 rings (SSSR count).